The summed E-state index contributed by atoms with van der Waals surface area (Å²) in [6, 6.07) is 21.8. The molecule has 1 unspecified atom stereocenters. The van der Waals surface area contributed by atoms with Crippen molar-refractivity contribution in [3.05, 3.63) is 117 Å². The number of hydrogen-bond acceptors (Lipinski definition) is 4. The first kappa shape index (κ1) is 23.9. The van der Waals surface area contributed by atoms with Gasteiger partial charge in [-0.15, -0.1) is 0 Å². The molecule has 2 aliphatic rings. The quantitative estimate of drug-likeness (QED) is 0.163. The van der Waals surface area contributed by atoms with Crippen molar-refractivity contribution in [2.75, 3.05) is 13.2 Å². The zero-order chi connectivity index (χ0) is 24.9. The van der Waals surface area contributed by atoms with Crippen LogP contribution in [-0.4, -0.2) is 18.1 Å². The summed E-state index contributed by atoms with van der Waals surface area (Å²) in [5, 5.41) is 16.4. The fourth-order valence-electron chi connectivity index (χ4n) is 4.86. The summed E-state index contributed by atoms with van der Waals surface area (Å²) in [4.78, 5) is 10.4. The van der Waals surface area contributed by atoms with E-state index in [2.05, 4.69) is 48.5 Å². The third-order valence-corrected chi connectivity index (χ3v) is 6.96. The lowest BCUT2D eigenvalue weighted by Gasteiger charge is -2.26. The molecule has 0 amide bonds. The number of benzene rings is 4. The summed E-state index contributed by atoms with van der Waals surface area (Å²) in [5.41, 5.74) is 2.80. The van der Waals surface area contributed by atoms with Crippen molar-refractivity contribution in [2.24, 2.45) is 5.92 Å². The number of hydrogen-bond donors (Lipinski definition) is 0. The number of halogens is 1. The van der Waals surface area contributed by atoms with Crippen molar-refractivity contribution in [3.8, 4) is 5.75 Å². The van der Waals surface area contributed by atoms with Crippen LogP contribution < -0.4 is 4.74 Å². The monoisotopic (exact) mass is 499 g/mol. The topological polar surface area (TPSA) is 61.6 Å². The van der Waals surface area contributed by atoms with Crippen molar-refractivity contribution in [1.82, 2.24) is 0 Å². The summed E-state index contributed by atoms with van der Waals surface area (Å²) in [6.45, 7) is 1.28. The van der Waals surface area contributed by atoms with Crippen LogP contribution in [0.5, 0.6) is 5.75 Å². The smallest absolute Gasteiger partial charge is 0.271 e. The molecule has 4 aromatic rings. The molecule has 36 heavy (non-hydrogen) atoms. The molecule has 0 bridgehead atoms. The van der Waals surface area contributed by atoms with Crippen LogP contribution in [-0.2, 0) is 17.6 Å². The van der Waals surface area contributed by atoms with Crippen molar-refractivity contribution < 1.29 is 14.4 Å². The average Bonchev–Trinajstić information content (AvgIpc) is 2.93. The fourth-order valence-corrected chi connectivity index (χ4v) is 5.09. The molecule has 6 rings (SSSR count). The zero-order valence-corrected chi connectivity index (χ0v) is 20.5. The molecule has 182 valence electrons. The summed E-state index contributed by atoms with van der Waals surface area (Å²) < 4.78 is 10.7. The van der Waals surface area contributed by atoms with Gasteiger partial charge in [0.15, 0.2) is 0 Å². The molecule has 5 nitrogen and oxygen atoms in total. The van der Waals surface area contributed by atoms with E-state index in [9.17, 15) is 10.1 Å². The zero-order valence-electron chi connectivity index (χ0n) is 19.7. The van der Waals surface area contributed by atoms with Crippen LogP contribution in [0.2, 0.25) is 5.02 Å². The Morgan fingerprint density at radius 3 is 2.58 bits per heavy atom. The number of non-ortho nitro benzene ring substituents is 1. The highest BCUT2D eigenvalue weighted by Gasteiger charge is 2.22. The fraction of sp³-hybridized carbons (Fsp3) is 0.200. The average molecular weight is 500 g/mol. The van der Waals surface area contributed by atoms with Gasteiger partial charge < -0.3 is 9.47 Å². The number of nitro benzene ring substituents is 1. The molecule has 0 radical (unpaired) electrons. The molecular formula is C30H26ClNO4. The van der Waals surface area contributed by atoms with Crippen LogP contribution in [0.1, 0.15) is 17.5 Å². The molecular weight excluding hydrogens is 474 g/mol. The SMILES string of the molecule is C1=CCOC=C1.O=[N+]([O-])c1ccc(OCC2CCc3c(ccc4c3ccc3ccccc34)C2)c(Cl)c1. The first-order valence-electron chi connectivity index (χ1n) is 12.0. The standard InChI is InChI=1S/C25H20ClNO3.C5H6O/c26-24-14-19(27(28)29)8-12-25(24)30-15-16-5-9-21-18(13-16)7-11-22-20-4-2-1-3-17(20)6-10-23(21)22;1-2-4-6-5-3-1/h1-4,6-8,10-12,14,16H,5,9,13,15H2;1-4H,5H2. The second-order valence-corrected chi connectivity index (χ2v) is 9.37. The van der Waals surface area contributed by atoms with Crippen LogP contribution in [0.3, 0.4) is 0 Å². The van der Waals surface area contributed by atoms with Crippen LogP contribution in [0.15, 0.2) is 91.2 Å². The Kier molecular flexibility index (Phi) is 7.19. The lowest BCUT2D eigenvalue weighted by atomic mass is 9.81. The minimum Gasteiger partial charge on any atom is -0.497 e. The van der Waals surface area contributed by atoms with Gasteiger partial charge in [0.2, 0.25) is 0 Å². The predicted molar refractivity (Wildman–Crippen MR) is 145 cm³/mol. The molecule has 0 N–H and O–H groups in total. The summed E-state index contributed by atoms with van der Waals surface area (Å²) in [7, 11) is 0. The van der Waals surface area contributed by atoms with Gasteiger partial charge in [-0.3, -0.25) is 10.1 Å². The van der Waals surface area contributed by atoms with Gasteiger partial charge in [0.05, 0.1) is 22.8 Å². The van der Waals surface area contributed by atoms with E-state index in [1.54, 1.807) is 12.3 Å². The molecule has 6 heteroatoms. The number of allylic oxidation sites excluding steroid dienone is 2. The molecule has 1 heterocycles. The summed E-state index contributed by atoms with van der Waals surface area (Å²) in [5.74, 6) is 0.889. The van der Waals surface area contributed by atoms with Crippen LogP contribution in [0.4, 0.5) is 5.69 Å². The van der Waals surface area contributed by atoms with Gasteiger partial charge >= 0.3 is 0 Å². The Balaban J connectivity index is 0.000000391. The number of rotatable bonds is 4. The van der Waals surface area contributed by atoms with Crippen molar-refractivity contribution in [1.29, 1.82) is 0 Å². The van der Waals surface area contributed by atoms with Gasteiger partial charge in [0, 0.05) is 12.1 Å². The molecule has 0 saturated heterocycles. The Hall–Kier alpha value is -3.83. The number of ether oxygens (including phenoxy) is 2. The molecule has 4 aromatic carbocycles. The van der Waals surface area contributed by atoms with E-state index in [4.69, 9.17) is 21.1 Å². The lowest BCUT2D eigenvalue weighted by Crippen LogP contribution is -2.21. The van der Waals surface area contributed by atoms with Crippen LogP contribution >= 0.6 is 11.6 Å². The second kappa shape index (κ2) is 10.8. The molecule has 0 aromatic heterocycles. The van der Waals surface area contributed by atoms with Gasteiger partial charge in [-0.2, -0.15) is 0 Å². The van der Waals surface area contributed by atoms with Crippen molar-refractivity contribution in [3.63, 3.8) is 0 Å². The van der Waals surface area contributed by atoms with Crippen LogP contribution in [0.25, 0.3) is 21.5 Å². The highest BCUT2D eigenvalue weighted by Crippen LogP contribution is 2.36. The Morgan fingerprint density at radius 2 is 1.86 bits per heavy atom. The van der Waals surface area contributed by atoms with E-state index in [-0.39, 0.29) is 10.7 Å². The van der Waals surface area contributed by atoms with E-state index in [1.807, 2.05) is 18.2 Å². The van der Waals surface area contributed by atoms with E-state index in [0.717, 1.165) is 25.9 Å². The van der Waals surface area contributed by atoms with Gasteiger partial charge in [0.25, 0.3) is 5.69 Å². The molecule has 0 fully saturated rings. The number of fused-ring (bicyclic) bond motifs is 5. The van der Waals surface area contributed by atoms with Crippen molar-refractivity contribution in [2.45, 2.75) is 19.3 Å². The maximum Gasteiger partial charge on any atom is 0.271 e. The first-order valence-corrected chi connectivity index (χ1v) is 12.4. The van der Waals surface area contributed by atoms with E-state index >= 15 is 0 Å². The molecule has 0 saturated carbocycles. The molecule has 0 spiro atoms. The maximum atomic E-state index is 10.9. The minimum absolute atomic E-state index is 0.0293. The third-order valence-electron chi connectivity index (χ3n) is 6.66. The van der Waals surface area contributed by atoms with Crippen molar-refractivity contribution >= 4 is 38.8 Å². The predicted octanol–water partition coefficient (Wildman–Crippen LogP) is 7.83. The Bertz CT molecular complexity index is 1470. The number of nitrogens with zero attached hydrogens (tertiary/aromatic N) is 1. The summed E-state index contributed by atoms with van der Waals surface area (Å²) >= 11 is 6.16. The highest BCUT2D eigenvalue weighted by atomic mass is 35.5. The third kappa shape index (κ3) is 5.21. The molecule has 1 aliphatic carbocycles. The van der Waals surface area contributed by atoms with E-state index in [1.165, 1.54) is 44.8 Å². The normalized spacial score (nSPS) is 16.1. The first-order chi connectivity index (χ1) is 17.6. The maximum absolute atomic E-state index is 10.9. The Morgan fingerprint density at radius 1 is 1.00 bits per heavy atom. The van der Waals surface area contributed by atoms with Gasteiger partial charge in [0.1, 0.15) is 12.4 Å². The van der Waals surface area contributed by atoms with Gasteiger partial charge in [-0.25, -0.2) is 0 Å². The number of aryl methyl sites for hydroxylation is 1. The van der Waals surface area contributed by atoms with Gasteiger partial charge in [-0.1, -0.05) is 66.2 Å². The van der Waals surface area contributed by atoms with E-state index in [0.29, 0.717) is 18.3 Å². The van der Waals surface area contributed by atoms with E-state index < -0.39 is 4.92 Å². The largest absolute Gasteiger partial charge is 0.497 e. The highest BCUT2D eigenvalue weighted by molar-refractivity contribution is 6.32. The van der Waals surface area contributed by atoms with Crippen LogP contribution in [0, 0.1) is 16.0 Å². The second-order valence-electron chi connectivity index (χ2n) is 8.97. The Labute approximate surface area is 214 Å². The lowest BCUT2D eigenvalue weighted by molar-refractivity contribution is -0.384. The molecule has 1 atom stereocenters. The summed E-state index contributed by atoms with van der Waals surface area (Å²) in [6.07, 6.45) is 10.5. The van der Waals surface area contributed by atoms with Gasteiger partial charge in [-0.05, 0) is 76.1 Å². The minimum atomic E-state index is -0.457. The molecule has 1 aliphatic heterocycles. The number of nitro groups is 1.